The minimum atomic E-state index is -0.886. The van der Waals surface area contributed by atoms with E-state index in [2.05, 4.69) is 0 Å². The Morgan fingerprint density at radius 3 is 2.62 bits per heavy atom. The first-order chi connectivity index (χ1) is 7.49. The van der Waals surface area contributed by atoms with E-state index in [1.165, 1.54) is 0 Å². The third kappa shape index (κ3) is 2.30. The van der Waals surface area contributed by atoms with E-state index in [0.29, 0.717) is 16.5 Å². The summed E-state index contributed by atoms with van der Waals surface area (Å²) in [4.78, 5) is 0. The molecule has 2 rings (SSSR count). The number of hydrogen-bond donors (Lipinski definition) is 2. The molecule has 84 valence electrons. The van der Waals surface area contributed by atoms with Gasteiger partial charge in [-0.1, -0.05) is 41.4 Å². The Bertz CT molecular complexity index is 476. The molecule has 2 nitrogen and oxygen atoms in total. The predicted molar refractivity (Wildman–Crippen MR) is 69.1 cm³/mol. The van der Waals surface area contributed by atoms with Crippen molar-refractivity contribution >= 4 is 28.8 Å². The molecule has 0 amide bonds. The quantitative estimate of drug-likeness (QED) is 0.758. The average Bonchev–Trinajstić information content (AvgIpc) is 2.22. The molecule has 0 unspecified atom stereocenters. The molecular formula is C12H12Cl2N2. The molecule has 0 radical (unpaired) electrons. The smallest absolute Gasteiger partial charge is 0.0941 e. The highest BCUT2D eigenvalue weighted by Crippen LogP contribution is 2.32. The van der Waals surface area contributed by atoms with Gasteiger partial charge in [-0.3, -0.25) is 0 Å². The number of halogens is 2. The van der Waals surface area contributed by atoms with Crippen LogP contribution in [0.3, 0.4) is 0 Å². The number of benzene rings is 1. The minimum absolute atomic E-state index is 0.518. The molecule has 0 aliphatic heterocycles. The van der Waals surface area contributed by atoms with Gasteiger partial charge in [0.1, 0.15) is 0 Å². The summed E-state index contributed by atoms with van der Waals surface area (Å²) in [5.41, 5.74) is 12.9. The normalized spacial score (nSPS) is 19.0. The van der Waals surface area contributed by atoms with E-state index < -0.39 is 5.66 Å². The van der Waals surface area contributed by atoms with Gasteiger partial charge in [0.15, 0.2) is 0 Å². The fraction of sp³-hybridized carbons (Fsp3) is 0.167. The van der Waals surface area contributed by atoms with Crippen molar-refractivity contribution in [3.8, 4) is 0 Å². The molecule has 0 spiro atoms. The van der Waals surface area contributed by atoms with Gasteiger partial charge in [0.2, 0.25) is 0 Å². The van der Waals surface area contributed by atoms with Gasteiger partial charge < -0.3 is 11.5 Å². The summed E-state index contributed by atoms with van der Waals surface area (Å²) in [7, 11) is 0. The molecule has 0 atom stereocenters. The van der Waals surface area contributed by atoms with Crippen molar-refractivity contribution in [3.05, 3.63) is 52.0 Å². The highest BCUT2D eigenvalue weighted by Gasteiger charge is 2.27. The van der Waals surface area contributed by atoms with Crippen LogP contribution in [0.4, 0.5) is 0 Å². The van der Waals surface area contributed by atoms with E-state index in [4.69, 9.17) is 34.7 Å². The summed E-state index contributed by atoms with van der Waals surface area (Å²) in [5, 5.41) is 1.31. The van der Waals surface area contributed by atoms with Crippen molar-refractivity contribution in [1.82, 2.24) is 0 Å². The van der Waals surface area contributed by atoms with Crippen molar-refractivity contribution < 1.29 is 0 Å². The first kappa shape index (κ1) is 11.7. The molecule has 0 bridgehead atoms. The van der Waals surface area contributed by atoms with E-state index in [-0.39, 0.29) is 0 Å². The van der Waals surface area contributed by atoms with Crippen LogP contribution in [0.1, 0.15) is 12.0 Å². The molecular weight excluding hydrogens is 243 g/mol. The van der Waals surface area contributed by atoms with Crippen molar-refractivity contribution in [1.29, 1.82) is 0 Å². The number of allylic oxidation sites excluding steroid dienone is 2. The molecule has 1 aliphatic carbocycles. The van der Waals surface area contributed by atoms with Gasteiger partial charge in [0, 0.05) is 16.5 Å². The van der Waals surface area contributed by atoms with Crippen LogP contribution in [0.2, 0.25) is 5.02 Å². The molecule has 4 N–H and O–H groups in total. The van der Waals surface area contributed by atoms with E-state index in [9.17, 15) is 0 Å². The third-order valence-electron chi connectivity index (χ3n) is 2.55. The fourth-order valence-corrected chi connectivity index (χ4v) is 2.09. The Hall–Kier alpha value is -0.800. The Balaban J connectivity index is 2.49. The van der Waals surface area contributed by atoms with Crippen LogP contribution >= 0.6 is 23.2 Å². The second-order valence-electron chi connectivity index (χ2n) is 3.90. The maximum Gasteiger partial charge on any atom is 0.0941 e. The molecule has 1 aromatic rings. The van der Waals surface area contributed by atoms with Gasteiger partial charge >= 0.3 is 0 Å². The van der Waals surface area contributed by atoms with E-state index in [0.717, 1.165) is 11.1 Å². The van der Waals surface area contributed by atoms with Crippen molar-refractivity contribution in [2.24, 2.45) is 11.5 Å². The van der Waals surface area contributed by atoms with Crippen LogP contribution in [0.15, 0.2) is 41.4 Å². The minimum Gasteiger partial charge on any atom is -0.309 e. The largest absolute Gasteiger partial charge is 0.309 e. The molecule has 16 heavy (non-hydrogen) atoms. The van der Waals surface area contributed by atoms with Gasteiger partial charge in [-0.05, 0) is 29.3 Å². The summed E-state index contributed by atoms with van der Waals surface area (Å²) in [6.07, 6.45) is 4.12. The average molecular weight is 255 g/mol. The van der Waals surface area contributed by atoms with Crippen LogP contribution in [0.5, 0.6) is 0 Å². The van der Waals surface area contributed by atoms with Crippen LogP contribution in [-0.2, 0) is 0 Å². The lowest BCUT2D eigenvalue weighted by molar-refractivity contribution is 0.576. The summed E-state index contributed by atoms with van der Waals surface area (Å²) in [5.74, 6) is 0. The zero-order valence-electron chi connectivity index (χ0n) is 8.58. The Kier molecular flexibility index (Phi) is 3.08. The molecule has 0 saturated heterocycles. The summed E-state index contributed by atoms with van der Waals surface area (Å²) in [6, 6.07) is 7.42. The standard InChI is InChI=1S/C12H12Cl2N2/c13-9-3-1-2-8(6-9)11-7-10(14)4-5-12(11,15)16/h1-4,6-7H,5,15-16H2. The summed E-state index contributed by atoms with van der Waals surface area (Å²) in [6.45, 7) is 0. The number of nitrogens with two attached hydrogens (primary N) is 2. The van der Waals surface area contributed by atoms with Gasteiger partial charge in [0.25, 0.3) is 0 Å². The maximum absolute atomic E-state index is 6.03. The monoisotopic (exact) mass is 254 g/mol. The Labute approximate surface area is 105 Å². The van der Waals surface area contributed by atoms with Gasteiger partial charge in [-0.2, -0.15) is 0 Å². The fourth-order valence-electron chi connectivity index (χ4n) is 1.72. The van der Waals surface area contributed by atoms with E-state index in [1.807, 2.05) is 24.3 Å². The second-order valence-corrected chi connectivity index (χ2v) is 4.77. The lowest BCUT2D eigenvalue weighted by Gasteiger charge is -2.30. The van der Waals surface area contributed by atoms with E-state index >= 15 is 0 Å². The topological polar surface area (TPSA) is 52.0 Å². The number of hydrogen-bond acceptors (Lipinski definition) is 2. The van der Waals surface area contributed by atoms with Crippen LogP contribution in [-0.4, -0.2) is 5.66 Å². The van der Waals surface area contributed by atoms with Gasteiger partial charge in [-0.15, -0.1) is 0 Å². The summed E-state index contributed by atoms with van der Waals surface area (Å²) >= 11 is 11.9. The van der Waals surface area contributed by atoms with Gasteiger partial charge in [0.05, 0.1) is 5.66 Å². The Morgan fingerprint density at radius 1 is 1.19 bits per heavy atom. The van der Waals surface area contributed by atoms with Gasteiger partial charge in [-0.25, -0.2) is 0 Å². The maximum atomic E-state index is 6.03. The zero-order valence-corrected chi connectivity index (χ0v) is 10.1. The summed E-state index contributed by atoms with van der Waals surface area (Å²) < 4.78 is 0. The first-order valence-electron chi connectivity index (χ1n) is 4.90. The SMILES string of the molecule is NC1(N)CC=C(Cl)C=C1c1cccc(Cl)c1. The van der Waals surface area contributed by atoms with Crippen molar-refractivity contribution in [2.45, 2.75) is 12.1 Å². The van der Waals surface area contributed by atoms with Crippen LogP contribution < -0.4 is 11.5 Å². The van der Waals surface area contributed by atoms with Crippen LogP contribution in [0, 0.1) is 0 Å². The van der Waals surface area contributed by atoms with E-state index in [1.54, 1.807) is 12.1 Å². The molecule has 0 saturated carbocycles. The molecule has 1 aliphatic rings. The van der Waals surface area contributed by atoms with Crippen molar-refractivity contribution in [3.63, 3.8) is 0 Å². The number of rotatable bonds is 1. The molecule has 0 aromatic heterocycles. The molecule has 4 heteroatoms. The lowest BCUT2D eigenvalue weighted by atomic mass is 9.88. The second kappa shape index (κ2) is 4.22. The predicted octanol–water partition coefficient (Wildman–Crippen LogP) is 2.86. The third-order valence-corrected chi connectivity index (χ3v) is 3.05. The lowest BCUT2D eigenvalue weighted by Crippen LogP contribution is -2.50. The highest BCUT2D eigenvalue weighted by atomic mass is 35.5. The molecule has 1 aromatic carbocycles. The molecule has 0 fully saturated rings. The van der Waals surface area contributed by atoms with Crippen LogP contribution in [0.25, 0.3) is 5.57 Å². The highest BCUT2D eigenvalue weighted by molar-refractivity contribution is 6.32. The Morgan fingerprint density at radius 2 is 1.94 bits per heavy atom. The van der Waals surface area contributed by atoms with Crippen molar-refractivity contribution in [2.75, 3.05) is 0 Å². The zero-order chi connectivity index (χ0) is 11.8. The first-order valence-corrected chi connectivity index (χ1v) is 5.66. The molecule has 0 heterocycles.